The number of rotatable bonds is 2. The molecule has 0 spiro atoms. The summed E-state index contributed by atoms with van der Waals surface area (Å²) < 4.78 is 13.8. The number of benzene rings is 1. The molecule has 1 aromatic rings. The number of hydrogen-bond acceptors (Lipinski definition) is 2. The van der Waals surface area contributed by atoms with Gasteiger partial charge in [-0.25, -0.2) is 4.39 Å². The molecule has 1 saturated heterocycles. The Morgan fingerprint density at radius 3 is 2.79 bits per heavy atom. The van der Waals surface area contributed by atoms with Crippen LogP contribution in [0.5, 0.6) is 0 Å². The van der Waals surface area contributed by atoms with E-state index in [1.54, 1.807) is 26.0 Å². The Balaban J connectivity index is 2.25. The van der Waals surface area contributed by atoms with Gasteiger partial charge in [-0.3, -0.25) is 9.59 Å². The van der Waals surface area contributed by atoms with Gasteiger partial charge in [0.15, 0.2) is 0 Å². The number of hydrogen-bond donors (Lipinski definition) is 1. The molecule has 102 valence electrons. The molecular formula is C13H14ClFN2O2. The van der Waals surface area contributed by atoms with Gasteiger partial charge in [0.25, 0.3) is 0 Å². The molecule has 2 rings (SSSR count). The van der Waals surface area contributed by atoms with E-state index in [9.17, 15) is 14.0 Å². The number of amides is 2. The summed E-state index contributed by atoms with van der Waals surface area (Å²) >= 11 is 5.69. The van der Waals surface area contributed by atoms with Crippen LogP contribution in [0.3, 0.4) is 0 Å². The second-order valence-electron chi connectivity index (χ2n) is 5.05. The molecular weight excluding hydrogens is 271 g/mol. The van der Waals surface area contributed by atoms with Crippen molar-refractivity contribution in [3.8, 4) is 0 Å². The van der Waals surface area contributed by atoms with Crippen LogP contribution in [0.25, 0.3) is 0 Å². The van der Waals surface area contributed by atoms with Gasteiger partial charge in [0.2, 0.25) is 11.8 Å². The summed E-state index contributed by atoms with van der Waals surface area (Å²) in [5, 5.41) is 2.60. The van der Waals surface area contributed by atoms with E-state index in [0.717, 1.165) is 0 Å². The molecule has 1 aromatic carbocycles. The SMILES string of the molecule is CC1(C)NC(=O)CN(Cc2cccc(Cl)c2F)C1=O. The van der Waals surface area contributed by atoms with Gasteiger partial charge in [-0.15, -0.1) is 0 Å². The van der Waals surface area contributed by atoms with Crippen LogP contribution in [-0.2, 0) is 16.1 Å². The summed E-state index contributed by atoms with van der Waals surface area (Å²) in [6.07, 6.45) is 0. The largest absolute Gasteiger partial charge is 0.341 e. The molecule has 6 heteroatoms. The van der Waals surface area contributed by atoms with E-state index in [1.807, 2.05) is 0 Å². The van der Waals surface area contributed by atoms with Gasteiger partial charge in [0.05, 0.1) is 11.6 Å². The van der Waals surface area contributed by atoms with Gasteiger partial charge in [0.1, 0.15) is 11.4 Å². The van der Waals surface area contributed by atoms with Crippen molar-refractivity contribution in [3.63, 3.8) is 0 Å². The molecule has 19 heavy (non-hydrogen) atoms. The predicted molar refractivity (Wildman–Crippen MR) is 69.0 cm³/mol. The third-order valence-electron chi connectivity index (χ3n) is 3.00. The molecule has 0 aliphatic carbocycles. The summed E-state index contributed by atoms with van der Waals surface area (Å²) in [7, 11) is 0. The van der Waals surface area contributed by atoms with Crippen LogP contribution in [0.15, 0.2) is 18.2 Å². The van der Waals surface area contributed by atoms with Crippen molar-refractivity contribution in [2.45, 2.75) is 25.9 Å². The average Bonchev–Trinajstić information content (AvgIpc) is 2.30. The highest BCUT2D eigenvalue weighted by molar-refractivity contribution is 6.30. The predicted octanol–water partition coefficient (Wildman–Crippen LogP) is 1.72. The molecule has 1 fully saturated rings. The van der Waals surface area contributed by atoms with Crippen LogP contribution in [-0.4, -0.2) is 28.8 Å². The molecule has 1 aliphatic rings. The Kier molecular flexibility index (Phi) is 3.49. The lowest BCUT2D eigenvalue weighted by Gasteiger charge is -2.37. The van der Waals surface area contributed by atoms with Crippen molar-refractivity contribution >= 4 is 23.4 Å². The fraction of sp³-hybridized carbons (Fsp3) is 0.385. The summed E-state index contributed by atoms with van der Waals surface area (Å²) in [5.74, 6) is -1.06. The van der Waals surface area contributed by atoms with E-state index in [4.69, 9.17) is 11.6 Å². The van der Waals surface area contributed by atoms with Crippen molar-refractivity contribution in [3.05, 3.63) is 34.6 Å². The van der Waals surface area contributed by atoms with Crippen molar-refractivity contribution in [2.24, 2.45) is 0 Å². The highest BCUT2D eigenvalue weighted by Gasteiger charge is 2.39. The first-order valence-corrected chi connectivity index (χ1v) is 6.22. The van der Waals surface area contributed by atoms with Crippen LogP contribution in [0.4, 0.5) is 4.39 Å². The minimum absolute atomic E-state index is 0.00525. The van der Waals surface area contributed by atoms with E-state index in [0.29, 0.717) is 5.56 Å². The van der Waals surface area contributed by atoms with Crippen molar-refractivity contribution < 1.29 is 14.0 Å². The highest BCUT2D eigenvalue weighted by Crippen LogP contribution is 2.21. The van der Waals surface area contributed by atoms with Crippen LogP contribution < -0.4 is 5.32 Å². The van der Waals surface area contributed by atoms with E-state index < -0.39 is 11.4 Å². The zero-order chi connectivity index (χ0) is 14.2. The van der Waals surface area contributed by atoms with Crippen LogP contribution in [0.1, 0.15) is 19.4 Å². The highest BCUT2D eigenvalue weighted by atomic mass is 35.5. The first-order chi connectivity index (χ1) is 8.81. The lowest BCUT2D eigenvalue weighted by atomic mass is 10.00. The standard InChI is InChI=1S/C13H14ClFN2O2/c1-13(2)12(19)17(7-10(18)16-13)6-8-4-3-5-9(14)11(8)15/h3-5H,6-7H2,1-2H3,(H,16,18). The monoisotopic (exact) mass is 284 g/mol. The van der Waals surface area contributed by atoms with Crippen LogP contribution >= 0.6 is 11.6 Å². The minimum atomic E-state index is -0.968. The molecule has 4 nitrogen and oxygen atoms in total. The van der Waals surface area contributed by atoms with Crippen molar-refractivity contribution in [2.75, 3.05) is 6.54 Å². The lowest BCUT2D eigenvalue weighted by molar-refractivity contribution is -0.149. The van der Waals surface area contributed by atoms with Gasteiger partial charge in [-0.05, 0) is 19.9 Å². The summed E-state index contributed by atoms with van der Waals surface area (Å²) in [6, 6.07) is 4.60. The summed E-state index contributed by atoms with van der Waals surface area (Å²) in [6.45, 7) is 3.19. The maximum atomic E-state index is 13.8. The maximum absolute atomic E-state index is 13.8. The zero-order valence-corrected chi connectivity index (χ0v) is 11.4. The second-order valence-corrected chi connectivity index (χ2v) is 5.45. The average molecular weight is 285 g/mol. The zero-order valence-electron chi connectivity index (χ0n) is 10.7. The molecule has 1 heterocycles. The van der Waals surface area contributed by atoms with E-state index >= 15 is 0 Å². The number of carbonyl (C=O) groups is 2. The number of nitrogens with zero attached hydrogens (tertiary/aromatic N) is 1. The van der Waals surface area contributed by atoms with Gasteiger partial charge in [0, 0.05) is 12.1 Å². The molecule has 0 radical (unpaired) electrons. The number of carbonyl (C=O) groups excluding carboxylic acids is 2. The van der Waals surface area contributed by atoms with E-state index in [1.165, 1.54) is 11.0 Å². The molecule has 0 unspecified atom stereocenters. The Morgan fingerprint density at radius 2 is 2.11 bits per heavy atom. The second kappa shape index (κ2) is 4.81. The molecule has 1 aliphatic heterocycles. The van der Waals surface area contributed by atoms with Crippen LogP contribution in [0.2, 0.25) is 5.02 Å². The van der Waals surface area contributed by atoms with Gasteiger partial charge < -0.3 is 10.2 Å². The lowest BCUT2D eigenvalue weighted by Crippen LogP contribution is -2.63. The van der Waals surface area contributed by atoms with Crippen molar-refractivity contribution in [1.82, 2.24) is 10.2 Å². The molecule has 0 saturated carbocycles. The fourth-order valence-corrected chi connectivity index (χ4v) is 2.28. The first kappa shape index (κ1) is 13.8. The summed E-state index contributed by atoms with van der Waals surface area (Å²) in [4.78, 5) is 25.0. The Labute approximate surface area is 115 Å². The molecule has 0 bridgehead atoms. The molecule has 2 amide bonds. The third kappa shape index (κ3) is 2.71. The number of halogens is 2. The molecule has 0 aromatic heterocycles. The molecule has 0 atom stereocenters. The van der Waals surface area contributed by atoms with E-state index in [2.05, 4.69) is 5.32 Å². The first-order valence-electron chi connectivity index (χ1n) is 5.84. The number of piperazine rings is 1. The van der Waals surface area contributed by atoms with Gasteiger partial charge in [-0.1, -0.05) is 23.7 Å². The van der Waals surface area contributed by atoms with Crippen LogP contribution in [0, 0.1) is 5.82 Å². The smallest absolute Gasteiger partial charge is 0.248 e. The molecule has 1 N–H and O–H groups in total. The van der Waals surface area contributed by atoms with Gasteiger partial charge in [-0.2, -0.15) is 0 Å². The van der Waals surface area contributed by atoms with Crippen molar-refractivity contribution in [1.29, 1.82) is 0 Å². The van der Waals surface area contributed by atoms with Gasteiger partial charge >= 0.3 is 0 Å². The Morgan fingerprint density at radius 1 is 1.42 bits per heavy atom. The Bertz CT molecular complexity index is 545. The fourth-order valence-electron chi connectivity index (χ4n) is 2.09. The van der Waals surface area contributed by atoms with E-state index in [-0.39, 0.29) is 29.9 Å². The Hall–Kier alpha value is -1.62. The normalized spacial score (nSPS) is 18.4. The third-order valence-corrected chi connectivity index (χ3v) is 3.29. The number of nitrogens with one attached hydrogen (secondary N) is 1. The summed E-state index contributed by atoms with van der Waals surface area (Å²) in [5.41, 5.74) is -0.670. The topological polar surface area (TPSA) is 49.4 Å². The maximum Gasteiger partial charge on any atom is 0.248 e. The quantitative estimate of drug-likeness (QED) is 0.899. The minimum Gasteiger partial charge on any atom is -0.341 e.